The van der Waals surface area contributed by atoms with Crippen molar-refractivity contribution in [3.8, 4) is 0 Å². The van der Waals surface area contributed by atoms with Crippen molar-refractivity contribution >= 4 is 21.6 Å². The summed E-state index contributed by atoms with van der Waals surface area (Å²) in [6, 6.07) is 4.20. The van der Waals surface area contributed by atoms with E-state index in [1.807, 2.05) is 29.2 Å². The highest BCUT2D eigenvalue weighted by Gasteiger charge is 2.03. The second-order valence-electron chi connectivity index (χ2n) is 3.86. The van der Waals surface area contributed by atoms with Gasteiger partial charge in [-0.3, -0.25) is 4.68 Å². The predicted octanol–water partition coefficient (Wildman–Crippen LogP) is 3.43. The van der Waals surface area contributed by atoms with Crippen LogP contribution < -0.4 is 5.32 Å². The Morgan fingerprint density at radius 1 is 1.50 bits per heavy atom. The van der Waals surface area contributed by atoms with E-state index in [4.69, 9.17) is 4.42 Å². The van der Waals surface area contributed by atoms with E-state index in [0.717, 1.165) is 16.1 Å². The molecule has 4 nitrogen and oxygen atoms in total. The summed E-state index contributed by atoms with van der Waals surface area (Å²) in [5.74, 6) is 0.893. The zero-order chi connectivity index (χ0) is 11.5. The van der Waals surface area contributed by atoms with Crippen molar-refractivity contribution < 1.29 is 4.42 Å². The number of rotatable bonds is 4. The van der Waals surface area contributed by atoms with E-state index in [2.05, 4.69) is 40.2 Å². The molecule has 0 aliphatic rings. The number of aromatic nitrogens is 2. The average Bonchev–Trinajstić information content (AvgIpc) is 2.83. The third-order valence-electron chi connectivity index (χ3n) is 2.23. The summed E-state index contributed by atoms with van der Waals surface area (Å²) in [6.07, 6.45) is 3.81. The van der Waals surface area contributed by atoms with Gasteiger partial charge in [-0.25, -0.2) is 0 Å². The molecule has 2 aromatic rings. The number of anilines is 1. The topological polar surface area (TPSA) is 43.0 Å². The van der Waals surface area contributed by atoms with Crippen molar-refractivity contribution in [1.29, 1.82) is 0 Å². The molecule has 0 bridgehead atoms. The Morgan fingerprint density at radius 2 is 2.31 bits per heavy atom. The molecule has 16 heavy (non-hydrogen) atoms. The van der Waals surface area contributed by atoms with Gasteiger partial charge in [0.15, 0.2) is 4.67 Å². The summed E-state index contributed by atoms with van der Waals surface area (Å²) in [5, 5.41) is 7.50. The van der Waals surface area contributed by atoms with E-state index in [9.17, 15) is 0 Å². The summed E-state index contributed by atoms with van der Waals surface area (Å²) in [5.41, 5.74) is 1.00. The number of nitrogens with zero attached hydrogens (tertiary/aromatic N) is 2. The lowest BCUT2D eigenvalue weighted by Crippen LogP contribution is -2.00. The Bertz CT molecular complexity index is 461. The van der Waals surface area contributed by atoms with Gasteiger partial charge in [0.1, 0.15) is 5.76 Å². The normalized spacial score (nSPS) is 11.0. The molecule has 5 heteroatoms. The third-order valence-corrected chi connectivity index (χ3v) is 2.65. The standard InChI is InChI=1S/C11H14BrN3O/c1-8(2)15-7-9(5-14-15)13-6-10-3-4-11(12)16-10/h3-5,7-8,13H,6H2,1-2H3. The highest BCUT2D eigenvalue weighted by molar-refractivity contribution is 9.10. The monoisotopic (exact) mass is 283 g/mol. The molecule has 0 radical (unpaired) electrons. The molecule has 0 spiro atoms. The second kappa shape index (κ2) is 4.74. The zero-order valence-electron chi connectivity index (χ0n) is 9.27. The smallest absolute Gasteiger partial charge is 0.169 e. The molecule has 0 atom stereocenters. The van der Waals surface area contributed by atoms with E-state index < -0.39 is 0 Å². The van der Waals surface area contributed by atoms with Crippen LogP contribution in [0.1, 0.15) is 25.6 Å². The fraction of sp³-hybridized carbons (Fsp3) is 0.364. The van der Waals surface area contributed by atoms with Crippen molar-refractivity contribution in [1.82, 2.24) is 9.78 Å². The molecular weight excluding hydrogens is 270 g/mol. The third kappa shape index (κ3) is 2.66. The van der Waals surface area contributed by atoms with Crippen molar-refractivity contribution in [2.45, 2.75) is 26.4 Å². The molecule has 0 aliphatic heterocycles. The molecule has 0 unspecified atom stereocenters. The van der Waals surface area contributed by atoms with Gasteiger partial charge in [-0.2, -0.15) is 5.10 Å². The van der Waals surface area contributed by atoms with Gasteiger partial charge in [-0.05, 0) is 41.9 Å². The maximum Gasteiger partial charge on any atom is 0.169 e. The van der Waals surface area contributed by atoms with Crippen molar-refractivity contribution in [3.63, 3.8) is 0 Å². The van der Waals surface area contributed by atoms with Gasteiger partial charge in [0.2, 0.25) is 0 Å². The van der Waals surface area contributed by atoms with Gasteiger partial charge in [-0.1, -0.05) is 0 Å². The van der Waals surface area contributed by atoms with Crippen LogP contribution >= 0.6 is 15.9 Å². The van der Waals surface area contributed by atoms with Crippen LogP contribution in [0.25, 0.3) is 0 Å². The first-order chi connectivity index (χ1) is 7.65. The molecule has 2 rings (SSSR count). The number of halogens is 1. The van der Waals surface area contributed by atoms with E-state index >= 15 is 0 Å². The van der Waals surface area contributed by atoms with E-state index in [-0.39, 0.29) is 0 Å². The molecule has 0 aliphatic carbocycles. The first-order valence-electron chi connectivity index (χ1n) is 5.17. The molecule has 86 valence electrons. The summed E-state index contributed by atoms with van der Waals surface area (Å²) in [4.78, 5) is 0. The maximum atomic E-state index is 5.39. The predicted molar refractivity (Wildman–Crippen MR) is 66.3 cm³/mol. The van der Waals surface area contributed by atoms with Crippen LogP contribution in [0.5, 0.6) is 0 Å². The lowest BCUT2D eigenvalue weighted by Gasteiger charge is -2.03. The molecule has 0 saturated carbocycles. The SMILES string of the molecule is CC(C)n1cc(NCc2ccc(Br)o2)cn1. The summed E-state index contributed by atoms with van der Waals surface area (Å²) >= 11 is 3.27. The fourth-order valence-corrected chi connectivity index (χ4v) is 1.69. The Hall–Kier alpha value is -1.23. The van der Waals surface area contributed by atoms with Crippen LogP contribution in [0.15, 0.2) is 33.6 Å². The minimum absolute atomic E-state index is 0.383. The number of hydrogen-bond donors (Lipinski definition) is 1. The number of hydrogen-bond acceptors (Lipinski definition) is 3. The van der Waals surface area contributed by atoms with Crippen molar-refractivity contribution in [2.24, 2.45) is 0 Å². The Kier molecular flexibility index (Phi) is 3.33. The van der Waals surface area contributed by atoms with Crippen LogP contribution in [0, 0.1) is 0 Å². The zero-order valence-corrected chi connectivity index (χ0v) is 10.9. The van der Waals surface area contributed by atoms with Crippen molar-refractivity contribution in [2.75, 3.05) is 5.32 Å². The molecular formula is C11H14BrN3O. The largest absolute Gasteiger partial charge is 0.452 e. The first kappa shape index (κ1) is 11.3. The summed E-state index contributed by atoms with van der Waals surface area (Å²) in [6.45, 7) is 4.86. The van der Waals surface area contributed by atoms with Gasteiger partial charge in [0.05, 0.1) is 18.4 Å². The first-order valence-corrected chi connectivity index (χ1v) is 5.96. The second-order valence-corrected chi connectivity index (χ2v) is 4.64. The average molecular weight is 284 g/mol. The van der Waals surface area contributed by atoms with E-state index in [0.29, 0.717) is 12.6 Å². The van der Waals surface area contributed by atoms with Gasteiger partial charge >= 0.3 is 0 Å². The number of nitrogens with one attached hydrogen (secondary N) is 1. The minimum atomic E-state index is 0.383. The van der Waals surface area contributed by atoms with Gasteiger partial charge in [0.25, 0.3) is 0 Å². The van der Waals surface area contributed by atoms with Crippen LogP contribution in [0.2, 0.25) is 0 Å². The van der Waals surface area contributed by atoms with Gasteiger partial charge in [0, 0.05) is 12.2 Å². The quantitative estimate of drug-likeness (QED) is 0.935. The van der Waals surface area contributed by atoms with Crippen LogP contribution in [0.4, 0.5) is 5.69 Å². The highest BCUT2D eigenvalue weighted by atomic mass is 79.9. The van der Waals surface area contributed by atoms with Crippen LogP contribution in [0.3, 0.4) is 0 Å². The fourth-order valence-electron chi connectivity index (χ4n) is 1.35. The Morgan fingerprint density at radius 3 is 2.88 bits per heavy atom. The van der Waals surface area contributed by atoms with Gasteiger partial charge in [-0.15, -0.1) is 0 Å². The van der Waals surface area contributed by atoms with E-state index in [1.54, 1.807) is 0 Å². The molecule has 0 saturated heterocycles. The molecule has 2 heterocycles. The maximum absolute atomic E-state index is 5.39. The van der Waals surface area contributed by atoms with E-state index in [1.165, 1.54) is 0 Å². The molecule has 0 fully saturated rings. The minimum Gasteiger partial charge on any atom is -0.452 e. The van der Waals surface area contributed by atoms with Crippen molar-refractivity contribution in [3.05, 3.63) is 35.0 Å². The molecule has 1 N–H and O–H groups in total. The Labute approximate surface area is 103 Å². The highest BCUT2D eigenvalue weighted by Crippen LogP contribution is 2.16. The van der Waals surface area contributed by atoms with Gasteiger partial charge < -0.3 is 9.73 Å². The lowest BCUT2D eigenvalue weighted by molar-refractivity contribution is 0.495. The molecule has 2 aromatic heterocycles. The summed E-state index contributed by atoms with van der Waals surface area (Å²) < 4.78 is 8.06. The summed E-state index contributed by atoms with van der Waals surface area (Å²) in [7, 11) is 0. The number of furan rings is 1. The lowest BCUT2D eigenvalue weighted by atomic mass is 10.4. The molecule has 0 amide bonds. The Balaban J connectivity index is 1.94. The van der Waals surface area contributed by atoms with Crippen LogP contribution in [-0.2, 0) is 6.54 Å². The molecule has 0 aromatic carbocycles. The van der Waals surface area contributed by atoms with Crippen LogP contribution in [-0.4, -0.2) is 9.78 Å².